The first-order valence-electron chi connectivity index (χ1n) is 16.3. The van der Waals surface area contributed by atoms with Crippen LogP contribution < -0.4 is 4.90 Å². The zero-order valence-electron chi connectivity index (χ0n) is 26.8. The number of likely N-dealkylation sites (N-methyl/N-ethyl adjacent to an activating group) is 1. The molecule has 0 saturated carbocycles. The fourth-order valence-corrected chi connectivity index (χ4v) is 6.28. The van der Waals surface area contributed by atoms with E-state index >= 15 is 0 Å². The second-order valence-corrected chi connectivity index (χ2v) is 12.3. The molecule has 2 amide bonds. The number of rotatable bonds is 11. The molecular formula is C35H48N6O3. The molecule has 1 fully saturated rings. The lowest BCUT2D eigenvalue weighted by Crippen LogP contribution is -2.47. The van der Waals surface area contributed by atoms with Crippen LogP contribution in [0.3, 0.4) is 0 Å². The Labute approximate surface area is 262 Å². The molecule has 3 heterocycles. The normalized spacial score (nSPS) is 17.1. The molecule has 9 nitrogen and oxygen atoms in total. The lowest BCUT2D eigenvalue weighted by atomic mass is 9.93. The Morgan fingerprint density at radius 1 is 0.955 bits per heavy atom. The molecule has 1 saturated heterocycles. The topological polar surface area (TPSA) is 85.2 Å². The number of aliphatic hydroxyl groups is 1. The number of carbonyl (C=O) groups excluding carboxylic acids is 2. The van der Waals surface area contributed by atoms with Crippen LogP contribution in [0.4, 0.5) is 5.69 Å². The Hall–Kier alpha value is -3.69. The number of aromatic nitrogens is 2. The van der Waals surface area contributed by atoms with Crippen molar-refractivity contribution in [1.82, 2.24) is 24.5 Å². The van der Waals surface area contributed by atoms with E-state index in [0.29, 0.717) is 43.0 Å². The fourth-order valence-electron chi connectivity index (χ4n) is 6.28. The van der Waals surface area contributed by atoms with Gasteiger partial charge in [0.25, 0.3) is 11.8 Å². The van der Waals surface area contributed by atoms with Crippen LogP contribution in [0.5, 0.6) is 0 Å². The van der Waals surface area contributed by atoms with E-state index in [1.807, 2.05) is 42.2 Å². The van der Waals surface area contributed by atoms with Crippen molar-refractivity contribution in [2.24, 2.45) is 0 Å². The number of nitrogens with zero attached hydrogens (tertiary/aromatic N) is 6. The second kappa shape index (κ2) is 14.4. The molecule has 2 aliphatic heterocycles. The van der Waals surface area contributed by atoms with Gasteiger partial charge in [0, 0.05) is 57.2 Å². The van der Waals surface area contributed by atoms with Gasteiger partial charge in [-0.2, -0.15) is 5.10 Å². The van der Waals surface area contributed by atoms with Gasteiger partial charge in [0.2, 0.25) is 0 Å². The highest BCUT2D eigenvalue weighted by Gasteiger charge is 2.32. The molecule has 5 rings (SSSR count). The molecule has 1 atom stereocenters. The van der Waals surface area contributed by atoms with E-state index in [0.717, 1.165) is 68.8 Å². The van der Waals surface area contributed by atoms with Crippen molar-refractivity contribution < 1.29 is 14.7 Å². The van der Waals surface area contributed by atoms with Crippen LogP contribution in [0, 0.1) is 6.92 Å². The zero-order valence-corrected chi connectivity index (χ0v) is 26.8. The van der Waals surface area contributed by atoms with Crippen molar-refractivity contribution in [1.29, 1.82) is 0 Å². The summed E-state index contributed by atoms with van der Waals surface area (Å²) in [5, 5.41) is 15.2. The van der Waals surface area contributed by atoms with Crippen LogP contribution >= 0.6 is 0 Å². The molecule has 0 spiro atoms. The summed E-state index contributed by atoms with van der Waals surface area (Å²) in [7, 11) is 2.13. The van der Waals surface area contributed by atoms with Crippen molar-refractivity contribution in [2.75, 3.05) is 57.8 Å². The predicted molar refractivity (Wildman–Crippen MR) is 175 cm³/mol. The van der Waals surface area contributed by atoms with E-state index in [2.05, 4.69) is 48.9 Å². The minimum Gasteiger partial charge on any atom is -0.394 e. The number of benzene rings is 2. The van der Waals surface area contributed by atoms with Crippen molar-refractivity contribution in [3.05, 3.63) is 76.6 Å². The third-order valence-corrected chi connectivity index (χ3v) is 9.09. The van der Waals surface area contributed by atoms with E-state index in [9.17, 15) is 14.7 Å². The zero-order chi connectivity index (χ0) is 31.2. The fraction of sp³-hybridized carbons (Fsp3) is 0.514. The molecule has 2 aromatic carbocycles. The smallest absolute Gasteiger partial charge is 0.274 e. The average molecular weight is 601 g/mol. The number of amides is 2. The van der Waals surface area contributed by atoms with E-state index < -0.39 is 0 Å². The SMILES string of the molecule is CCCCN(CCCC)C(=O)c1cc(C)n(-c2ccc(N3CCN(C)CC3)cc2C(=O)N2Cc3ccccc3CC2CO)n1. The number of aliphatic hydroxyl groups excluding tert-OH is 1. The van der Waals surface area contributed by atoms with Gasteiger partial charge in [0.1, 0.15) is 0 Å². The highest BCUT2D eigenvalue weighted by molar-refractivity contribution is 5.99. The molecule has 1 aromatic heterocycles. The average Bonchev–Trinajstić information content (AvgIpc) is 3.44. The first-order chi connectivity index (χ1) is 21.3. The maximum atomic E-state index is 14.5. The van der Waals surface area contributed by atoms with Crippen LogP contribution in [0.1, 0.15) is 77.2 Å². The molecule has 9 heteroatoms. The van der Waals surface area contributed by atoms with Gasteiger partial charge in [0.15, 0.2) is 5.69 Å². The Balaban J connectivity index is 1.53. The van der Waals surface area contributed by atoms with Crippen molar-refractivity contribution in [3.8, 4) is 5.69 Å². The Morgan fingerprint density at radius 3 is 2.30 bits per heavy atom. The van der Waals surface area contributed by atoms with Crippen LogP contribution in [-0.4, -0.2) is 100 Å². The molecule has 1 unspecified atom stereocenters. The van der Waals surface area contributed by atoms with Gasteiger partial charge in [-0.1, -0.05) is 51.0 Å². The van der Waals surface area contributed by atoms with Crippen LogP contribution in [0.15, 0.2) is 48.5 Å². The monoisotopic (exact) mass is 600 g/mol. The molecule has 0 aliphatic carbocycles. The summed E-state index contributed by atoms with van der Waals surface area (Å²) in [6, 6.07) is 15.7. The summed E-state index contributed by atoms with van der Waals surface area (Å²) in [5.41, 5.74) is 5.63. The first-order valence-corrected chi connectivity index (χ1v) is 16.3. The molecular weight excluding hydrogens is 552 g/mol. The molecule has 2 aliphatic rings. The highest BCUT2D eigenvalue weighted by atomic mass is 16.3. The second-order valence-electron chi connectivity index (χ2n) is 12.3. The quantitative estimate of drug-likeness (QED) is 0.348. The van der Waals surface area contributed by atoms with E-state index in [4.69, 9.17) is 5.10 Å². The number of unbranched alkanes of at least 4 members (excludes halogenated alkanes) is 2. The largest absolute Gasteiger partial charge is 0.394 e. The van der Waals surface area contributed by atoms with Gasteiger partial charge >= 0.3 is 0 Å². The highest BCUT2D eigenvalue weighted by Crippen LogP contribution is 2.30. The summed E-state index contributed by atoms with van der Waals surface area (Å²) in [6.45, 7) is 11.6. The van der Waals surface area contributed by atoms with Gasteiger partial charge in [-0.15, -0.1) is 0 Å². The van der Waals surface area contributed by atoms with Crippen molar-refractivity contribution in [3.63, 3.8) is 0 Å². The van der Waals surface area contributed by atoms with Gasteiger partial charge in [-0.05, 0) is 68.6 Å². The summed E-state index contributed by atoms with van der Waals surface area (Å²) in [4.78, 5) is 36.5. The number of carbonyl (C=O) groups is 2. The predicted octanol–water partition coefficient (Wildman–Crippen LogP) is 4.53. The Bertz CT molecular complexity index is 1440. The first kappa shape index (κ1) is 31.7. The summed E-state index contributed by atoms with van der Waals surface area (Å²) < 4.78 is 1.75. The maximum absolute atomic E-state index is 14.5. The number of anilines is 1. The van der Waals surface area contributed by atoms with E-state index in [1.54, 1.807) is 9.58 Å². The van der Waals surface area contributed by atoms with Gasteiger partial charge in [0.05, 0.1) is 23.9 Å². The molecule has 0 bridgehead atoms. The summed E-state index contributed by atoms with van der Waals surface area (Å²) >= 11 is 0. The Kier molecular flexibility index (Phi) is 10.4. The maximum Gasteiger partial charge on any atom is 0.274 e. The lowest BCUT2D eigenvalue weighted by Gasteiger charge is -2.37. The van der Waals surface area contributed by atoms with Crippen LogP contribution in [0.2, 0.25) is 0 Å². The molecule has 1 N–H and O–H groups in total. The molecule has 236 valence electrons. The number of fused-ring (bicyclic) bond motifs is 1. The lowest BCUT2D eigenvalue weighted by molar-refractivity contribution is 0.0544. The van der Waals surface area contributed by atoms with Gasteiger partial charge in [-0.3, -0.25) is 9.59 Å². The minimum atomic E-state index is -0.320. The molecule has 3 aromatic rings. The number of aryl methyl sites for hydroxylation is 1. The van der Waals surface area contributed by atoms with Crippen LogP contribution in [0.25, 0.3) is 5.69 Å². The summed E-state index contributed by atoms with van der Waals surface area (Å²) in [6.07, 6.45) is 4.55. The van der Waals surface area contributed by atoms with Crippen LogP contribution in [-0.2, 0) is 13.0 Å². The third-order valence-electron chi connectivity index (χ3n) is 9.09. The van der Waals surface area contributed by atoms with Crippen molar-refractivity contribution in [2.45, 2.75) is 65.5 Å². The third kappa shape index (κ3) is 6.84. The van der Waals surface area contributed by atoms with Gasteiger partial charge < -0.3 is 24.7 Å². The standard InChI is InChI=1S/C35H48N6O3/c1-5-7-15-39(16-8-6-2)35(44)32-21-26(3)41(36-32)33-14-13-29(38-19-17-37(4)18-20-38)23-31(33)34(43)40-24-28-12-10-9-11-27(28)22-30(40)25-42/h9-14,21,23,30,42H,5-8,15-20,22,24-25H2,1-4H3. The number of piperazine rings is 1. The summed E-state index contributed by atoms with van der Waals surface area (Å²) in [5.74, 6) is -0.205. The molecule has 0 radical (unpaired) electrons. The van der Waals surface area contributed by atoms with Crippen molar-refractivity contribution >= 4 is 17.5 Å². The Morgan fingerprint density at radius 2 is 1.64 bits per heavy atom. The number of hydrogen-bond donors (Lipinski definition) is 1. The number of hydrogen-bond acceptors (Lipinski definition) is 6. The van der Waals surface area contributed by atoms with Gasteiger partial charge in [-0.25, -0.2) is 4.68 Å². The molecule has 44 heavy (non-hydrogen) atoms. The minimum absolute atomic E-state index is 0.0661. The van der Waals surface area contributed by atoms with E-state index in [1.165, 1.54) is 5.56 Å². The van der Waals surface area contributed by atoms with E-state index in [-0.39, 0.29) is 24.5 Å².